The van der Waals surface area contributed by atoms with Gasteiger partial charge in [0, 0.05) is 38.0 Å². The number of hydrogen-bond acceptors (Lipinski definition) is 13. The van der Waals surface area contributed by atoms with Crippen LogP contribution in [0.25, 0.3) is 11.2 Å². The van der Waals surface area contributed by atoms with Gasteiger partial charge in [0.05, 0.1) is 12.4 Å². The fraction of sp³-hybridized carbons (Fsp3) is 0.455. The fourth-order valence-electron chi connectivity index (χ4n) is 6.83. The number of hydrogen-bond donors (Lipinski definition) is 5. The zero-order chi connectivity index (χ0) is 33.5. The molecule has 2 aromatic carbocycles. The number of tetrazole rings is 1. The molecule has 260 valence electrons. The monoisotopic (exact) mass is 691 g/mol. The van der Waals surface area contributed by atoms with Gasteiger partial charge in [-0.1, -0.05) is 31.2 Å². The summed E-state index contributed by atoms with van der Waals surface area (Å²) in [4.78, 5) is 20.5. The van der Waals surface area contributed by atoms with Crippen molar-refractivity contribution < 1.29 is 20.4 Å². The molecule has 2 aliphatic rings. The van der Waals surface area contributed by atoms with E-state index in [1.54, 1.807) is 30.6 Å². The minimum Gasteiger partial charge on any atom is -0.508 e. The molecule has 5 N–H and O–H groups in total. The number of aromatic hydroxyl groups is 2. The van der Waals surface area contributed by atoms with Gasteiger partial charge in [-0.25, -0.2) is 4.98 Å². The number of nitrogens with one attached hydrogen (secondary N) is 1. The lowest BCUT2D eigenvalue weighted by molar-refractivity contribution is 0.00473. The molecule has 1 aliphatic heterocycles. The summed E-state index contributed by atoms with van der Waals surface area (Å²) >= 11 is 0. The molecular formula is C33H42ClN11O4. The van der Waals surface area contributed by atoms with E-state index < -0.39 is 24.3 Å². The average Bonchev–Trinajstić information content (AvgIpc) is 3.90. The van der Waals surface area contributed by atoms with E-state index in [4.69, 9.17) is 15.0 Å². The molecule has 7 rings (SSSR count). The molecule has 5 atom stereocenters. The van der Waals surface area contributed by atoms with Gasteiger partial charge in [0.25, 0.3) is 0 Å². The molecule has 49 heavy (non-hydrogen) atoms. The molecule has 2 fully saturated rings. The highest BCUT2D eigenvalue weighted by Crippen LogP contribution is 2.40. The second-order valence-corrected chi connectivity index (χ2v) is 12.9. The SMILES string of the molecule is CCc1nnn([C@H]2C[C@@H](n3cnc4c(NCC(c5ccc(O)cc5)c5ccc(O)cc5)nc(N5CCC(N(C)C)C5)nc43)[C@H](O)[C@@H]2O)n1.Cl. The maximum atomic E-state index is 11.3. The molecule has 1 saturated carbocycles. The summed E-state index contributed by atoms with van der Waals surface area (Å²) in [7, 11) is 4.15. The van der Waals surface area contributed by atoms with Gasteiger partial charge < -0.3 is 40.1 Å². The van der Waals surface area contributed by atoms with Gasteiger partial charge in [-0.3, -0.25) is 0 Å². The molecule has 15 nitrogen and oxygen atoms in total. The van der Waals surface area contributed by atoms with Crippen molar-refractivity contribution in [3.63, 3.8) is 0 Å². The second kappa shape index (κ2) is 14.1. The van der Waals surface area contributed by atoms with Crippen LogP contribution in [0.3, 0.4) is 0 Å². The average molecular weight is 692 g/mol. The number of anilines is 2. The van der Waals surface area contributed by atoms with Crippen molar-refractivity contribution in [3.05, 3.63) is 71.8 Å². The Morgan fingerprint density at radius 3 is 2.18 bits per heavy atom. The number of likely N-dealkylation sites (N-methyl/N-ethyl adjacent to an activating group) is 1. The molecule has 0 radical (unpaired) electrons. The first-order valence-corrected chi connectivity index (χ1v) is 16.3. The summed E-state index contributed by atoms with van der Waals surface area (Å²) < 4.78 is 1.83. The van der Waals surface area contributed by atoms with Crippen LogP contribution in [0.15, 0.2) is 54.9 Å². The van der Waals surface area contributed by atoms with Crippen molar-refractivity contribution in [1.82, 2.24) is 44.6 Å². The van der Waals surface area contributed by atoms with Gasteiger partial charge in [-0.15, -0.1) is 22.6 Å². The molecule has 1 saturated heterocycles. The second-order valence-electron chi connectivity index (χ2n) is 12.9. The van der Waals surface area contributed by atoms with Gasteiger partial charge in [-0.2, -0.15) is 14.8 Å². The number of aliphatic hydroxyl groups is 2. The van der Waals surface area contributed by atoms with E-state index in [1.165, 1.54) is 4.80 Å². The van der Waals surface area contributed by atoms with Crippen LogP contribution < -0.4 is 10.2 Å². The van der Waals surface area contributed by atoms with E-state index >= 15 is 0 Å². The Labute approximate surface area is 289 Å². The topological polar surface area (TPSA) is 187 Å². The molecule has 0 amide bonds. The van der Waals surface area contributed by atoms with Crippen LogP contribution in [-0.2, 0) is 6.42 Å². The number of imidazole rings is 1. The molecular weight excluding hydrogens is 650 g/mol. The highest BCUT2D eigenvalue weighted by molar-refractivity contribution is 5.85. The summed E-state index contributed by atoms with van der Waals surface area (Å²) in [6, 6.07) is 13.4. The van der Waals surface area contributed by atoms with E-state index in [0.717, 1.165) is 30.6 Å². The summed E-state index contributed by atoms with van der Waals surface area (Å²) in [6.45, 7) is 3.92. The number of aryl methyl sites for hydroxylation is 1. The lowest BCUT2D eigenvalue weighted by Gasteiger charge is -2.23. The van der Waals surface area contributed by atoms with Crippen molar-refractivity contribution in [2.24, 2.45) is 0 Å². The van der Waals surface area contributed by atoms with Crippen LogP contribution >= 0.6 is 12.4 Å². The number of halogens is 1. The van der Waals surface area contributed by atoms with Crippen LogP contribution in [0.5, 0.6) is 11.5 Å². The van der Waals surface area contributed by atoms with Crippen LogP contribution in [0.1, 0.15) is 54.7 Å². The Balaban J connectivity index is 0.00000417. The van der Waals surface area contributed by atoms with E-state index in [0.29, 0.717) is 54.2 Å². The first-order valence-electron chi connectivity index (χ1n) is 16.3. The summed E-state index contributed by atoms with van der Waals surface area (Å²) in [6.07, 6.45) is 1.36. The zero-order valence-corrected chi connectivity index (χ0v) is 28.4. The normalized spacial score (nSPS) is 22.3. The number of aliphatic hydroxyl groups excluding tert-OH is 2. The smallest absolute Gasteiger partial charge is 0.229 e. The van der Waals surface area contributed by atoms with E-state index in [-0.39, 0.29) is 29.8 Å². The molecule has 5 aromatic rings. The lowest BCUT2D eigenvalue weighted by Crippen LogP contribution is -2.32. The van der Waals surface area contributed by atoms with Crippen molar-refractivity contribution >= 4 is 35.3 Å². The molecule has 1 unspecified atom stereocenters. The highest BCUT2D eigenvalue weighted by atomic mass is 35.5. The van der Waals surface area contributed by atoms with E-state index in [2.05, 4.69) is 44.6 Å². The molecule has 3 aromatic heterocycles. The predicted octanol–water partition coefficient (Wildman–Crippen LogP) is 2.50. The number of phenols is 2. The number of rotatable bonds is 10. The van der Waals surface area contributed by atoms with E-state index in [1.807, 2.05) is 35.8 Å². The molecule has 0 spiro atoms. The summed E-state index contributed by atoms with van der Waals surface area (Å²) in [5.74, 6) is 1.87. The van der Waals surface area contributed by atoms with Gasteiger partial charge in [0.1, 0.15) is 29.7 Å². The predicted molar refractivity (Wildman–Crippen MR) is 185 cm³/mol. The Hall–Kier alpha value is -4.57. The molecule has 1 aliphatic carbocycles. The minimum atomic E-state index is -1.11. The Kier molecular flexibility index (Phi) is 9.88. The number of benzene rings is 2. The van der Waals surface area contributed by atoms with Crippen molar-refractivity contribution in [3.8, 4) is 11.5 Å². The van der Waals surface area contributed by atoms with Crippen LogP contribution in [0.4, 0.5) is 11.8 Å². The fourth-order valence-corrected chi connectivity index (χ4v) is 6.83. The Bertz CT molecular complexity index is 1820. The summed E-state index contributed by atoms with van der Waals surface area (Å²) in [5.41, 5.74) is 3.02. The maximum Gasteiger partial charge on any atom is 0.229 e. The Morgan fingerprint density at radius 1 is 0.939 bits per heavy atom. The van der Waals surface area contributed by atoms with Crippen molar-refractivity contribution in [1.29, 1.82) is 0 Å². The third-order valence-corrected chi connectivity index (χ3v) is 9.71. The van der Waals surface area contributed by atoms with Crippen LogP contribution in [0, 0.1) is 0 Å². The maximum absolute atomic E-state index is 11.3. The van der Waals surface area contributed by atoms with Crippen molar-refractivity contribution in [2.45, 2.75) is 62.4 Å². The standard InChI is InChI=1S/C33H41N11O4.ClH/c1-4-27-38-40-44(39-27)26-15-25(29(47)30(26)48)43-18-35-28-31(36-33(37-32(28)43)42-14-13-21(17-42)41(2)3)34-16-24(19-5-9-22(45)10-6-19)20-7-11-23(46)12-8-20;/h5-12,18,21,24-26,29-30,45-48H,4,13-17H2,1-3H3,(H,34,36,37);1H/t21?,25-,26+,29+,30-;/m1./s1. The van der Waals surface area contributed by atoms with Crippen LogP contribution in [0.2, 0.25) is 0 Å². The first kappa shape index (κ1) is 34.3. The number of phenolic OH excluding ortho intramolecular Hbond substituents is 2. The lowest BCUT2D eigenvalue weighted by atomic mass is 9.91. The third kappa shape index (κ3) is 6.71. The van der Waals surface area contributed by atoms with Gasteiger partial charge >= 0.3 is 0 Å². The largest absolute Gasteiger partial charge is 0.508 e. The van der Waals surface area contributed by atoms with Crippen molar-refractivity contribution in [2.75, 3.05) is 43.9 Å². The number of nitrogens with zero attached hydrogens (tertiary/aromatic N) is 10. The van der Waals surface area contributed by atoms with Gasteiger partial charge in [-0.05, 0) is 67.5 Å². The summed E-state index contributed by atoms with van der Waals surface area (Å²) in [5, 5.41) is 58.4. The quantitative estimate of drug-likeness (QED) is 0.144. The first-order chi connectivity index (χ1) is 23.2. The molecule has 0 bridgehead atoms. The van der Waals surface area contributed by atoms with Gasteiger partial charge in [0.15, 0.2) is 22.8 Å². The Morgan fingerprint density at radius 2 is 1.59 bits per heavy atom. The van der Waals surface area contributed by atoms with Gasteiger partial charge in [0.2, 0.25) is 5.95 Å². The number of aromatic nitrogens is 8. The number of fused-ring (bicyclic) bond motifs is 1. The third-order valence-electron chi connectivity index (χ3n) is 9.71. The van der Waals surface area contributed by atoms with E-state index in [9.17, 15) is 20.4 Å². The molecule has 16 heteroatoms. The van der Waals surface area contributed by atoms with Crippen LogP contribution in [-0.4, -0.2) is 117 Å². The minimum absolute atomic E-state index is 0. The highest BCUT2D eigenvalue weighted by Gasteiger charge is 2.45. The molecule has 4 heterocycles. The zero-order valence-electron chi connectivity index (χ0n) is 27.6.